The van der Waals surface area contributed by atoms with Gasteiger partial charge in [-0.1, -0.05) is 29.8 Å². The zero-order valence-electron chi connectivity index (χ0n) is 18.1. The smallest absolute Gasteiger partial charge is 0.175 e. The summed E-state index contributed by atoms with van der Waals surface area (Å²) in [5.74, 6) is 3.63. The Kier molecular flexibility index (Phi) is 5.66. The summed E-state index contributed by atoms with van der Waals surface area (Å²) < 4.78 is 9.52. The van der Waals surface area contributed by atoms with Gasteiger partial charge in [-0.15, -0.1) is 0 Å². The van der Waals surface area contributed by atoms with E-state index in [4.69, 9.17) is 31.4 Å². The highest BCUT2D eigenvalue weighted by atomic mass is 35.5. The molecule has 0 spiro atoms. The lowest BCUT2D eigenvalue weighted by Crippen LogP contribution is -2.21. The average molecular weight is 449 g/mol. The molecule has 0 fully saturated rings. The van der Waals surface area contributed by atoms with Crippen LogP contribution in [0.15, 0.2) is 59.7 Å². The molecule has 2 aromatic heterocycles. The summed E-state index contributed by atoms with van der Waals surface area (Å²) in [6.07, 6.45) is 12.0. The van der Waals surface area contributed by atoms with Crippen LogP contribution in [0, 0.1) is 12.8 Å². The molecule has 0 saturated heterocycles. The normalized spacial score (nSPS) is 20.7. The van der Waals surface area contributed by atoms with Gasteiger partial charge in [0.15, 0.2) is 17.4 Å². The van der Waals surface area contributed by atoms with E-state index >= 15 is 0 Å². The van der Waals surface area contributed by atoms with Crippen LogP contribution >= 0.6 is 11.6 Å². The van der Waals surface area contributed by atoms with Gasteiger partial charge in [-0.3, -0.25) is 9.56 Å². The second-order valence-corrected chi connectivity index (χ2v) is 8.58. The maximum Gasteiger partial charge on any atom is 0.175 e. The van der Waals surface area contributed by atoms with Gasteiger partial charge in [0.2, 0.25) is 0 Å². The van der Waals surface area contributed by atoms with Gasteiger partial charge < -0.3 is 4.74 Å². The fourth-order valence-electron chi connectivity index (χ4n) is 4.27. The van der Waals surface area contributed by atoms with Crippen molar-refractivity contribution in [2.45, 2.75) is 32.2 Å². The number of fused-ring (bicyclic) bond motifs is 1. The molecule has 0 amide bonds. The SMILES string of the molecule is COC1=CC(/C=C/c2nc3n(n2)CCC[C@H]3c2ccc(Cl)cc2)CN=C1n1cnc(C)c1. The molecule has 4 heterocycles. The van der Waals surface area contributed by atoms with E-state index < -0.39 is 0 Å². The van der Waals surface area contributed by atoms with E-state index in [1.54, 1.807) is 13.4 Å². The van der Waals surface area contributed by atoms with Gasteiger partial charge in [-0.25, -0.2) is 14.6 Å². The molecule has 164 valence electrons. The summed E-state index contributed by atoms with van der Waals surface area (Å²) in [6, 6.07) is 8.05. The molecule has 5 rings (SSSR count). The van der Waals surface area contributed by atoms with E-state index in [1.807, 2.05) is 40.6 Å². The van der Waals surface area contributed by atoms with Crippen molar-refractivity contribution in [1.29, 1.82) is 0 Å². The molecule has 8 heteroatoms. The third-order valence-corrected chi connectivity index (χ3v) is 6.12. The fraction of sp³-hybridized carbons (Fsp3) is 0.333. The van der Waals surface area contributed by atoms with Crippen LogP contribution in [0.4, 0.5) is 0 Å². The van der Waals surface area contributed by atoms with Gasteiger partial charge in [0.1, 0.15) is 12.2 Å². The summed E-state index contributed by atoms with van der Waals surface area (Å²) >= 11 is 6.07. The second-order valence-electron chi connectivity index (χ2n) is 8.14. The number of halogens is 1. The molecule has 0 bridgehead atoms. The molecule has 32 heavy (non-hydrogen) atoms. The molecule has 2 aliphatic heterocycles. The molecule has 0 aliphatic carbocycles. The number of aliphatic imine (C=N–C) groups is 1. The molecule has 1 aromatic carbocycles. The van der Waals surface area contributed by atoms with Crippen molar-refractivity contribution in [3.05, 3.63) is 82.6 Å². The number of ether oxygens (including phenoxy) is 1. The Morgan fingerprint density at radius 1 is 1.22 bits per heavy atom. The Morgan fingerprint density at radius 2 is 2.06 bits per heavy atom. The van der Waals surface area contributed by atoms with Crippen molar-refractivity contribution >= 4 is 23.5 Å². The summed E-state index contributed by atoms with van der Waals surface area (Å²) in [7, 11) is 1.67. The van der Waals surface area contributed by atoms with Gasteiger partial charge in [0.05, 0.1) is 19.3 Å². The number of aryl methyl sites for hydroxylation is 2. The number of imidazole rings is 1. The quantitative estimate of drug-likeness (QED) is 0.590. The lowest BCUT2D eigenvalue weighted by Gasteiger charge is -2.22. The number of allylic oxidation sites excluding steroid dienone is 1. The van der Waals surface area contributed by atoms with Gasteiger partial charge in [-0.05, 0) is 49.6 Å². The molecular formula is C24H25ClN6O. The Labute approximate surface area is 192 Å². The lowest BCUT2D eigenvalue weighted by molar-refractivity contribution is 0.307. The highest BCUT2D eigenvalue weighted by Gasteiger charge is 2.25. The first kappa shape index (κ1) is 20.7. The Hall–Kier alpha value is -3.19. The maximum atomic E-state index is 6.07. The summed E-state index contributed by atoms with van der Waals surface area (Å²) in [6.45, 7) is 3.49. The van der Waals surface area contributed by atoms with Gasteiger partial charge in [-0.2, -0.15) is 5.10 Å². The van der Waals surface area contributed by atoms with Crippen molar-refractivity contribution in [2.75, 3.05) is 13.7 Å². The lowest BCUT2D eigenvalue weighted by atomic mass is 9.91. The first-order valence-electron chi connectivity index (χ1n) is 10.8. The predicted octanol–water partition coefficient (Wildman–Crippen LogP) is 4.48. The van der Waals surface area contributed by atoms with Crippen LogP contribution in [0.5, 0.6) is 0 Å². The Balaban J connectivity index is 1.34. The maximum absolute atomic E-state index is 6.07. The van der Waals surface area contributed by atoms with E-state index in [9.17, 15) is 0 Å². The molecule has 0 radical (unpaired) electrons. The van der Waals surface area contributed by atoms with Crippen LogP contribution in [0.3, 0.4) is 0 Å². The first-order chi connectivity index (χ1) is 15.6. The third kappa shape index (κ3) is 4.12. The zero-order chi connectivity index (χ0) is 22.1. The van der Waals surface area contributed by atoms with Crippen molar-refractivity contribution < 1.29 is 4.74 Å². The minimum Gasteiger partial charge on any atom is -0.493 e. The minimum absolute atomic E-state index is 0.117. The van der Waals surface area contributed by atoms with E-state index in [0.29, 0.717) is 6.54 Å². The number of dihydropyridines is 1. The van der Waals surface area contributed by atoms with Gasteiger partial charge in [0.25, 0.3) is 0 Å². The predicted molar refractivity (Wildman–Crippen MR) is 125 cm³/mol. The first-order valence-corrected chi connectivity index (χ1v) is 11.2. The largest absolute Gasteiger partial charge is 0.493 e. The Morgan fingerprint density at radius 3 is 2.81 bits per heavy atom. The second kappa shape index (κ2) is 8.74. The van der Waals surface area contributed by atoms with Crippen molar-refractivity contribution in [1.82, 2.24) is 24.3 Å². The highest BCUT2D eigenvalue weighted by Crippen LogP contribution is 2.32. The molecule has 7 nitrogen and oxygen atoms in total. The fourth-order valence-corrected chi connectivity index (χ4v) is 4.40. The van der Waals surface area contributed by atoms with Crippen LogP contribution in [0.1, 0.15) is 41.7 Å². The standard InChI is InChI=1S/C24H25ClN6O/c1-16-14-30(15-27-16)24-21(32-2)12-17(13-26-24)5-10-22-28-23-20(4-3-11-31(23)29-22)18-6-8-19(25)9-7-18/h5-10,12,14-15,17,20H,3-4,11,13H2,1-2H3/b10-5+/t17?,20-/m0/s1. The van der Waals surface area contributed by atoms with Crippen LogP contribution < -0.4 is 0 Å². The molecule has 0 saturated carbocycles. The van der Waals surface area contributed by atoms with E-state index in [2.05, 4.69) is 29.3 Å². The monoisotopic (exact) mass is 448 g/mol. The van der Waals surface area contributed by atoms with E-state index in [-0.39, 0.29) is 11.8 Å². The van der Waals surface area contributed by atoms with Crippen molar-refractivity contribution in [3.8, 4) is 0 Å². The molecule has 2 aliphatic rings. The van der Waals surface area contributed by atoms with Crippen LogP contribution in [0.25, 0.3) is 6.08 Å². The average Bonchev–Trinajstić information content (AvgIpc) is 3.43. The number of hydrogen-bond acceptors (Lipinski definition) is 5. The summed E-state index contributed by atoms with van der Waals surface area (Å²) in [5, 5.41) is 5.48. The van der Waals surface area contributed by atoms with Crippen molar-refractivity contribution in [3.63, 3.8) is 0 Å². The zero-order valence-corrected chi connectivity index (χ0v) is 18.9. The summed E-state index contributed by atoms with van der Waals surface area (Å²) in [5.41, 5.74) is 2.17. The highest BCUT2D eigenvalue weighted by molar-refractivity contribution is 6.30. The Bertz CT molecular complexity index is 1200. The van der Waals surface area contributed by atoms with Gasteiger partial charge in [0, 0.05) is 29.6 Å². The van der Waals surface area contributed by atoms with Gasteiger partial charge >= 0.3 is 0 Å². The number of aromatic nitrogens is 5. The molecule has 2 atom stereocenters. The number of rotatable bonds is 4. The number of methoxy groups -OCH3 is 1. The van der Waals surface area contributed by atoms with Crippen molar-refractivity contribution in [2.24, 2.45) is 10.9 Å². The minimum atomic E-state index is 0.117. The molecule has 0 N–H and O–H groups in total. The summed E-state index contributed by atoms with van der Waals surface area (Å²) in [4.78, 5) is 13.9. The van der Waals surface area contributed by atoms with Crippen LogP contribution in [-0.4, -0.2) is 43.8 Å². The van der Waals surface area contributed by atoms with E-state index in [0.717, 1.165) is 53.3 Å². The third-order valence-electron chi connectivity index (χ3n) is 5.87. The van der Waals surface area contributed by atoms with Crippen LogP contribution in [-0.2, 0) is 11.3 Å². The number of hydrogen-bond donors (Lipinski definition) is 0. The molecule has 3 aromatic rings. The number of benzene rings is 1. The topological polar surface area (TPSA) is 70.1 Å². The van der Waals surface area contributed by atoms with Crippen LogP contribution in [0.2, 0.25) is 5.02 Å². The van der Waals surface area contributed by atoms with E-state index in [1.165, 1.54) is 5.56 Å². The molecular weight excluding hydrogens is 424 g/mol. The number of nitrogens with zero attached hydrogens (tertiary/aromatic N) is 6. The molecule has 1 unspecified atom stereocenters.